The van der Waals surface area contributed by atoms with Crippen LogP contribution in [0.5, 0.6) is 0 Å². The molecule has 4 aromatic heterocycles. The first kappa shape index (κ1) is 40.7. The van der Waals surface area contributed by atoms with Crippen molar-refractivity contribution in [3.05, 3.63) is 123 Å². The zero-order chi connectivity index (χ0) is 40.4. The summed E-state index contributed by atoms with van der Waals surface area (Å²) in [5.74, 6) is 0. The predicted molar refractivity (Wildman–Crippen MR) is 231 cm³/mol. The van der Waals surface area contributed by atoms with Gasteiger partial charge in [0.25, 0.3) is 11.1 Å². The Morgan fingerprint density at radius 2 is 1.32 bits per heavy atom. The lowest BCUT2D eigenvalue weighted by Crippen LogP contribution is -2.42. The third-order valence-electron chi connectivity index (χ3n) is 10.5. The molecule has 2 aliphatic heterocycles. The molecule has 16 heteroatoms. The van der Waals surface area contributed by atoms with E-state index in [2.05, 4.69) is 31.3 Å². The van der Waals surface area contributed by atoms with Crippen molar-refractivity contribution >= 4 is 75.8 Å². The van der Waals surface area contributed by atoms with Crippen molar-refractivity contribution in [2.75, 3.05) is 13.1 Å². The van der Waals surface area contributed by atoms with Gasteiger partial charge in [-0.15, -0.1) is 0 Å². The van der Waals surface area contributed by atoms with Crippen LogP contribution in [0.2, 0.25) is 10.0 Å². The fourth-order valence-corrected chi connectivity index (χ4v) is 8.70. The zero-order valence-electron chi connectivity index (χ0n) is 32.0. The van der Waals surface area contributed by atoms with Gasteiger partial charge in [-0.2, -0.15) is 0 Å². The van der Waals surface area contributed by atoms with Gasteiger partial charge in [0.05, 0.1) is 30.2 Å². The maximum atomic E-state index is 13.0. The van der Waals surface area contributed by atoms with E-state index in [0.717, 1.165) is 65.0 Å². The largest absolute Gasteiger partial charge is 0.444 e. The maximum Gasteiger partial charge on any atom is 0.410 e. The molecule has 2 fully saturated rings. The van der Waals surface area contributed by atoms with Crippen molar-refractivity contribution in [2.24, 2.45) is 0 Å². The van der Waals surface area contributed by atoms with Crippen LogP contribution < -0.4 is 16.4 Å². The molecule has 57 heavy (non-hydrogen) atoms. The van der Waals surface area contributed by atoms with Gasteiger partial charge >= 0.3 is 6.09 Å². The Bertz CT molecular complexity index is 2660. The van der Waals surface area contributed by atoms with Crippen LogP contribution in [0.25, 0.3) is 22.1 Å². The number of likely N-dealkylation sites (tertiary alicyclic amines) is 1. The van der Waals surface area contributed by atoms with Gasteiger partial charge in [0.1, 0.15) is 16.6 Å². The molecule has 0 bridgehead atoms. The van der Waals surface area contributed by atoms with Crippen molar-refractivity contribution in [3.63, 3.8) is 0 Å². The van der Waals surface area contributed by atoms with Gasteiger partial charge in [0.15, 0.2) is 9.54 Å². The Balaban J connectivity index is 0.000000179. The molecule has 0 aliphatic carbocycles. The lowest BCUT2D eigenvalue weighted by Gasteiger charge is -2.38. The Morgan fingerprint density at radius 3 is 1.86 bits per heavy atom. The number of aromatic nitrogens is 6. The van der Waals surface area contributed by atoms with Crippen LogP contribution in [-0.2, 0) is 17.8 Å². The van der Waals surface area contributed by atoms with Crippen molar-refractivity contribution in [3.8, 4) is 0 Å². The number of aromatic amines is 4. The van der Waals surface area contributed by atoms with E-state index in [-0.39, 0.29) is 23.3 Å². The van der Waals surface area contributed by atoms with Gasteiger partial charge in [-0.25, -0.2) is 4.79 Å². The molecule has 2 unspecified atom stereocenters. The second-order valence-corrected chi connectivity index (χ2v) is 17.2. The van der Waals surface area contributed by atoms with Gasteiger partial charge in [0, 0.05) is 35.0 Å². The topological polar surface area (TPSA) is 149 Å². The number of amides is 1. The molecule has 2 aliphatic rings. The fourth-order valence-electron chi connectivity index (χ4n) is 7.83. The van der Waals surface area contributed by atoms with Gasteiger partial charge in [-0.1, -0.05) is 41.8 Å². The molecule has 1 amide bonds. The number of carbonyl (C=O) groups excluding carboxylic acids is 1. The number of nitrogens with one attached hydrogen (secondary N) is 5. The van der Waals surface area contributed by atoms with E-state index in [4.69, 9.17) is 52.4 Å². The molecule has 2 saturated heterocycles. The predicted octanol–water partition coefficient (Wildman–Crippen LogP) is 9.45. The minimum atomic E-state index is -0.570. The van der Waals surface area contributed by atoms with E-state index in [1.165, 1.54) is 18.4 Å². The molecule has 5 N–H and O–H groups in total. The molecular formula is C41H46Cl2N8O4S2. The molecule has 8 rings (SSSR count). The number of carbonyl (C=O) groups is 1. The van der Waals surface area contributed by atoms with Gasteiger partial charge in [0.2, 0.25) is 0 Å². The van der Waals surface area contributed by atoms with Crippen LogP contribution in [0.1, 0.15) is 93.6 Å². The van der Waals surface area contributed by atoms with Crippen LogP contribution >= 0.6 is 47.6 Å². The molecule has 12 nitrogen and oxygen atoms in total. The summed E-state index contributed by atoms with van der Waals surface area (Å²) in [7, 11) is 0. The Labute approximate surface area is 349 Å². The summed E-state index contributed by atoms with van der Waals surface area (Å²) in [6.45, 7) is 8.30. The molecule has 300 valence electrons. The van der Waals surface area contributed by atoms with Crippen LogP contribution in [0.3, 0.4) is 0 Å². The SMILES string of the molecule is CC(C)(C)OC(=O)N1CCCCC1c1cc(Cl)ccc1Cn1c(=S)[nH]c(=O)c2[nH]ccc21.O=c1[nH]c(=S)n(Cc2ccc(Cl)cc2C2CCCCN2)c2cc[nH]c12. The lowest BCUT2D eigenvalue weighted by molar-refractivity contribution is 0.00941. The highest BCUT2D eigenvalue weighted by molar-refractivity contribution is 7.71. The number of fused-ring (bicyclic) bond motifs is 2. The van der Waals surface area contributed by atoms with Crippen molar-refractivity contribution in [1.82, 2.24) is 39.3 Å². The Kier molecular flexibility index (Phi) is 12.3. The van der Waals surface area contributed by atoms with Crippen LogP contribution in [-0.4, -0.2) is 58.8 Å². The number of benzene rings is 2. The van der Waals surface area contributed by atoms with E-state index in [1.54, 1.807) is 12.4 Å². The standard InChI is InChI=1S/C23H27ClN4O3S.C18H19ClN4OS/c1-23(2,3)31-22(30)27-11-5-4-6-17(27)16-12-15(24)8-7-14(16)13-28-18-9-10-25-19(18)20(29)26-21(28)32;19-12-5-4-11(13(9-12)14-3-1-2-7-20-14)10-23-15-6-8-21-16(15)17(24)22-18(23)25/h7-10,12,17,25H,4-6,11,13H2,1-3H3,(H,26,29,32);4-6,8-9,14,20-21H,1-3,7,10H2,(H,22,24,25). The molecule has 6 heterocycles. The first-order valence-electron chi connectivity index (χ1n) is 19.2. The highest BCUT2D eigenvalue weighted by Gasteiger charge is 2.33. The van der Waals surface area contributed by atoms with Crippen LogP contribution in [0, 0.1) is 9.54 Å². The van der Waals surface area contributed by atoms with E-state index < -0.39 is 5.60 Å². The van der Waals surface area contributed by atoms with Crippen LogP contribution in [0.4, 0.5) is 4.79 Å². The third-order valence-corrected chi connectivity index (χ3v) is 11.6. The van der Waals surface area contributed by atoms with Crippen LogP contribution in [0.15, 0.2) is 70.5 Å². The smallest absolute Gasteiger partial charge is 0.410 e. The summed E-state index contributed by atoms with van der Waals surface area (Å²) >= 11 is 23.5. The normalized spacial score (nSPS) is 17.4. The van der Waals surface area contributed by atoms with Crippen molar-refractivity contribution in [2.45, 2.75) is 90.1 Å². The number of nitrogens with zero attached hydrogens (tertiary/aromatic N) is 3. The van der Waals surface area contributed by atoms with E-state index in [1.807, 2.05) is 77.3 Å². The summed E-state index contributed by atoms with van der Waals surface area (Å²) in [6.07, 6.45) is 9.45. The molecular weight excluding hydrogens is 804 g/mol. The summed E-state index contributed by atoms with van der Waals surface area (Å²) in [5, 5.41) is 4.93. The highest BCUT2D eigenvalue weighted by Crippen LogP contribution is 2.36. The molecule has 0 radical (unpaired) electrons. The van der Waals surface area contributed by atoms with Crippen molar-refractivity contribution < 1.29 is 9.53 Å². The average Bonchev–Trinajstić information content (AvgIpc) is 3.88. The quantitative estimate of drug-likeness (QED) is 0.105. The summed E-state index contributed by atoms with van der Waals surface area (Å²) in [4.78, 5) is 50.5. The second-order valence-electron chi connectivity index (χ2n) is 15.5. The number of hydrogen-bond acceptors (Lipinski definition) is 7. The Morgan fingerprint density at radius 1 is 0.772 bits per heavy atom. The van der Waals surface area contributed by atoms with Gasteiger partial charge in [-0.05, 0) is 143 Å². The molecule has 0 saturated carbocycles. The zero-order valence-corrected chi connectivity index (χ0v) is 35.2. The fraction of sp³-hybridized carbons (Fsp3) is 0.390. The number of ether oxygens (including phenoxy) is 1. The monoisotopic (exact) mass is 848 g/mol. The second kappa shape index (κ2) is 17.2. The first-order chi connectivity index (χ1) is 27.3. The van der Waals surface area contributed by atoms with E-state index >= 15 is 0 Å². The van der Waals surface area contributed by atoms with Crippen molar-refractivity contribution in [1.29, 1.82) is 0 Å². The van der Waals surface area contributed by atoms with E-state index in [0.29, 0.717) is 51.3 Å². The molecule has 2 atom stereocenters. The van der Waals surface area contributed by atoms with Gasteiger partial charge in [-0.3, -0.25) is 19.6 Å². The van der Waals surface area contributed by atoms with E-state index in [9.17, 15) is 14.4 Å². The third kappa shape index (κ3) is 9.15. The minimum absolute atomic E-state index is 0.147. The number of H-pyrrole nitrogens is 4. The highest BCUT2D eigenvalue weighted by atomic mass is 35.5. The minimum Gasteiger partial charge on any atom is -0.444 e. The molecule has 0 spiro atoms. The summed E-state index contributed by atoms with van der Waals surface area (Å²) in [6, 6.07) is 15.6. The van der Waals surface area contributed by atoms with Gasteiger partial charge < -0.3 is 34.1 Å². The number of piperidine rings is 2. The number of rotatable bonds is 6. The average molecular weight is 850 g/mol. The molecule has 6 aromatic rings. The summed E-state index contributed by atoms with van der Waals surface area (Å²) < 4.78 is 10.3. The Hall–Kier alpha value is -4.47. The maximum absolute atomic E-state index is 13.0. The number of hydrogen-bond donors (Lipinski definition) is 5. The molecule has 2 aromatic carbocycles. The lowest BCUT2D eigenvalue weighted by atomic mass is 9.92. The first-order valence-corrected chi connectivity index (χ1v) is 20.7. The number of halogens is 2. The summed E-state index contributed by atoms with van der Waals surface area (Å²) in [5.41, 5.74) is 5.89.